The van der Waals surface area contributed by atoms with Crippen LogP contribution in [0.2, 0.25) is 0 Å². The Morgan fingerprint density at radius 1 is 0.625 bits per heavy atom. The summed E-state index contributed by atoms with van der Waals surface area (Å²) in [6.07, 6.45) is 12.5. The number of pyridine rings is 2. The Bertz CT molecular complexity index is 3950. The zero-order valence-electron chi connectivity index (χ0n) is 50.0. The number of hydrogen-bond donors (Lipinski definition) is 2. The van der Waals surface area contributed by atoms with Crippen LogP contribution in [0.5, 0.6) is 0 Å². The van der Waals surface area contributed by atoms with E-state index in [1.807, 2.05) is 87.5 Å². The Morgan fingerprint density at radius 3 is 1.60 bits per heavy atom. The number of benzene rings is 2. The Hall–Kier alpha value is -9.01. The van der Waals surface area contributed by atoms with Gasteiger partial charge >= 0.3 is 12.2 Å². The topological polar surface area (TPSA) is 271 Å². The lowest BCUT2D eigenvalue weighted by atomic mass is 10.00. The number of carbonyl (C=O) groups excluding carboxylic acids is 2. The molecule has 6 atom stereocenters. The second-order valence-corrected chi connectivity index (χ2v) is 24.5. The molecule has 2 aromatic carbocycles. The monoisotopic (exact) mass is 1210 g/mol. The summed E-state index contributed by atoms with van der Waals surface area (Å²) in [7, 11) is -3.56. The van der Waals surface area contributed by atoms with Gasteiger partial charge in [0.2, 0.25) is 20.9 Å². The van der Waals surface area contributed by atoms with E-state index in [0.717, 1.165) is 92.5 Å². The lowest BCUT2D eigenvalue weighted by molar-refractivity contribution is -0.0369. The van der Waals surface area contributed by atoms with Crippen molar-refractivity contribution in [3.05, 3.63) is 142 Å². The van der Waals surface area contributed by atoms with E-state index in [1.54, 1.807) is 50.5 Å². The summed E-state index contributed by atoms with van der Waals surface area (Å²) in [6, 6.07) is 26.7. The Balaban J connectivity index is 0.000000160. The van der Waals surface area contributed by atoms with Gasteiger partial charge in [-0.25, -0.2) is 37.9 Å². The van der Waals surface area contributed by atoms with Crippen LogP contribution in [-0.2, 0) is 42.0 Å². The molecule has 0 aliphatic carbocycles. The first-order valence-corrected chi connectivity index (χ1v) is 31.6. The largest absolute Gasteiger partial charge is 0.445 e. The highest BCUT2D eigenvalue weighted by Crippen LogP contribution is 2.36. The van der Waals surface area contributed by atoms with E-state index >= 15 is 0 Å². The number of fused-ring (bicyclic) bond motifs is 2. The minimum atomic E-state index is -3.56. The number of nitrogens with one attached hydrogen (secondary N) is 1. The fraction of sp³-hybridized carbons (Fsp3) is 0.429. The highest BCUT2D eigenvalue weighted by molar-refractivity contribution is 7.90. The van der Waals surface area contributed by atoms with Crippen LogP contribution < -0.4 is 11.1 Å². The highest BCUT2D eigenvalue weighted by Gasteiger charge is 2.33. The molecule has 4 aliphatic rings. The standard InChI is InChI=1S/C31H34N8O3.C18H18N6O3S.C14H20N2O2/c1-20-17-33-30(34-23-13-12-21(2)38(18-23)31(40)42-19-22-9-5-4-6-10-22)36-27(20)28-24-14-15-25(32-3)35-29(24)39(37-28)26-11-7-8-16-41-26;1-11-10-20-18(28(3,25)26)22-15(11)16-12-7-8-13(19-2)21-17(12)24(23-16)14-6-4-5-9-27-14;1-11-7-8-13(15)9-16(11)14(17)18-10-12-5-3-2-4-6-12/h4-6,9-10,14-15,17,21,23,26H,7-8,11-13,16,18-19H2,1-2H3,(H,33,34,36);7-8,10,14H,4-6,9H2,1,3H3;2-6,11,13H,7-10,15H2,1H3/t21-,23-,26?;;11-,13-/m0.0/s1. The third kappa shape index (κ3) is 14.9. The average molecular weight is 1210 g/mol. The van der Waals surface area contributed by atoms with Crippen molar-refractivity contribution < 1.29 is 37.0 Å². The molecule has 88 heavy (non-hydrogen) atoms. The zero-order chi connectivity index (χ0) is 61.9. The summed E-state index contributed by atoms with van der Waals surface area (Å²) in [5.74, 6) is 1.04. The van der Waals surface area contributed by atoms with Crippen molar-refractivity contribution in [1.82, 2.24) is 59.3 Å². The second kappa shape index (κ2) is 28.2. The summed E-state index contributed by atoms with van der Waals surface area (Å²) >= 11 is 0. The molecule has 24 nitrogen and oxygen atoms in total. The number of nitrogens with zero attached hydrogens (tertiary/aromatic N) is 14. The molecule has 8 aromatic rings. The molecule has 25 heteroatoms. The van der Waals surface area contributed by atoms with Gasteiger partial charge < -0.3 is 49.5 Å². The molecule has 4 aliphatic heterocycles. The summed E-state index contributed by atoms with van der Waals surface area (Å²) in [4.78, 5) is 62.0. The molecule has 6 aromatic heterocycles. The third-order valence-electron chi connectivity index (χ3n) is 15.9. The van der Waals surface area contributed by atoms with Crippen molar-refractivity contribution in [2.24, 2.45) is 5.73 Å². The first-order chi connectivity index (χ1) is 42.5. The van der Waals surface area contributed by atoms with Crippen molar-refractivity contribution in [2.75, 3.05) is 37.9 Å². The van der Waals surface area contributed by atoms with Gasteiger partial charge in [-0.15, -0.1) is 0 Å². The molecule has 0 spiro atoms. The van der Waals surface area contributed by atoms with E-state index in [1.165, 1.54) is 6.20 Å². The lowest BCUT2D eigenvalue weighted by Gasteiger charge is -2.37. The number of nitrogens with two attached hydrogens (primary N) is 1. The molecule has 4 fully saturated rings. The van der Waals surface area contributed by atoms with Crippen molar-refractivity contribution in [1.29, 1.82) is 0 Å². The van der Waals surface area contributed by atoms with Gasteiger partial charge in [-0.3, -0.25) is 0 Å². The van der Waals surface area contributed by atoms with E-state index < -0.39 is 9.84 Å². The van der Waals surface area contributed by atoms with Crippen molar-refractivity contribution >= 4 is 61.7 Å². The maximum Gasteiger partial charge on any atom is 0.410 e. The number of aromatic nitrogens is 10. The number of amides is 2. The summed E-state index contributed by atoms with van der Waals surface area (Å²) in [5, 5.41) is 14.3. The predicted octanol–water partition coefficient (Wildman–Crippen LogP) is 11.0. The maximum absolute atomic E-state index is 13.0. The van der Waals surface area contributed by atoms with Crippen molar-refractivity contribution in [3.8, 4) is 22.8 Å². The van der Waals surface area contributed by atoms with Crippen molar-refractivity contribution in [3.63, 3.8) is 0 Å². The number of sulfone groups is 1. The first kappa shape index (κ1) is 62.1. The lowest BCUT2D eigenvalue weighted by Crippen LogP contribution is -2.50. The van der Waals surface area contributed by atoms with Crippen LogP contribution >= 0.6 is 0 Å². The minimum Gasteiger partial charge on any atom is -0.445 e. The molecule has 458 valence electrons. The van der Waals surface area contributed by atoms with Gasteiger partial charge in [-0.1, -0.05) is 95.9 Å². The van der Waals surface area contributed by atoms with Crippen LogP contribution in [0.15, 0.2) is 102 Å². The van der Waals surface area contributed by atoms with E-state index in [0.29, 0.717) is 89.7 Å². The Morgan fingerprint density at radius 2 is 1.11 bits per heavy atom. The molecule has 2 amide bonds. The molecule has 4 saturated heterocycles. The molecule has 0 radical (unpaired) electrons. The Kier molecular flexibility index (Phi) is 19.9. The fourth-order valence-corrected chi connectivity index (χ4v) is 11.5. The fourth-order valence-electron chi connectivity index (χ4n) is 11.0. The average Bonchev–Trinajstić information content (AvgIpc) is 2.03. The first-order valence-electron chi connectivity index (χ1n) is 29.7. The second-order valence-electron chi connectivity index (χ2n) is 22.6. The number of likely N-dealkylation sites (tertiary alicyclic amines) is 2. The molecular formula is C63H72N16O8S. The van der Waals surface area contributed by atoms with Crippen LogP contribution in [0, 0.1) is 27.0 Å². The van der Waals surface area contributed by atoms with Gasteiger partial charge in [0.25, 0.3) is 22.9 Å². The molecule has 12 rings (SSSR count). The number of carbonyl (C=O) groups is 2. The Labute approximate surface area is 511 Å². The molecule has 3 N–H and O–H groups in total. The third-order valence-corrected chi connectivity index (χ3v) is 16.7. The summed E-state index contributed by atoms with van der Waals surface area (Å²) < 4.78 is 50.1. The van der Waals surface area contributed by atoms with Crippen LogP contribution in [0.4, 0.5) is 27.2 Å². The number of hydrogen-bond acceptors (Lipinski definition) is 18. The smallest absolute Gasteiger partial charge is 0.410 e. The molecule has 2 unspecified atom stereocenters. The summed E-state index contributed by atoms with van der Waals surface area (Å²) in [6.45, 7) is 25.5. The van der Waals surface area contributed by atoms with Crippen LogP contribution in [0.1, 0.15) is 113 Å². The number of piperidine rings is 2. The van der Waals surface area contributed by atoms with E-state index in [4.69, 9.17) is 47.9 Å². The van der Waals surface area contributed by atoms with Gasteiger partial charge in [0.15, 0.2) is 12.5 Å². The van der Waals surface area contributed by atoms with Gasteiger partial charge in [0.05, 0.1) is 22.2 Å². The summed E-state index contributed by atoms with van der Waals surface area (Å²) in [5.41, 5.74) is 12.8. The maximum atomic E-state index is 13.0. The number of ether oxygens (including phenoxy) is 4. The van der Waals surface area contributed by atoms with Crippen LogP contribution in [0.25, 0.3) is 54.5 Å². The SMILES string of the molecule is C[C@H]1CC[C@H](N)CN1C(=O)OCc1ccccc1.[C-]#[N+]c1ccc2c(-c3nc(N[C@H]4CC[C@H](C)N(C(=O)OCc5ccccc5)C4)ncc3C)nn(C3CCCCO3)c2n1.[C-]#[N+]c1ccc2c(-c3nc(S(C)(=O)=O)ncc3C)nn(C3CCCCO3)c2n1. The number of anilines is 1. The number of rotatable bonds is 11. The van der Waals surface area contributed by atoms with Crippen LogP contribution in [-0.4, -0.2) is 137 Å². The molecular weight excluding hydrogens is 1140 g/mol. The van der Waals surface area contributed by atoms with Gasteiger partial charge in [-0.05, 0) is 126 Å². The van der Waals surface area contributed by atoms with Crippen molar-refractivity contribution in [2.45, 2.75) is 147 Å². The predicted molar refractivity (Wildman–Crippen MR) is 329 cm³/mol. The molecule has 0 saturated carbocycles. The molecule has 0 bridgehead atoms. The minimum absolute atomic E-state index is 0.0335. The van der Waals surface area contributed by atoms with Crippen LogP contribution in [0.3, 0.4) is 0 Å². The quantitative estimate of drug-likeness (QED) is 0.0899. The van der Waals surface area contributed by atoms with Gasteiger partial charge in [0.1, 0.15) is 24.6 Å². The van der Waals surface area contributed by atoms with Gasteiger partial charge in [-0.2, -0.15) is 19.6 Å². The van der Waals surface area contributed by atoms with E-state index in [-0.39, 0.29) is 66.4 Å². The van der Waals surface area contributed by atoms with Gasteiger partial charge in [0, 0.05) is 69.1 Å². The normalized spacial score (nSPS) is 20.3. The number of aryl methyl sites for hydroxylation is 2. The zero-order valence-corrected chi connectivity index (χ0v) is 50.8. The van der Waals surface area contributed by atoms with E-state index in [9.17, 15) is 18.0 Å². The molecule has 10 heterocycles. The van der Waals surface area contributed by atoms with E-state index in [2.05, 4.69) is 45.0 Å². The highest BCUT2D eigenvalue weighted by atomic mass is 32.2.